The lowest BCUT2D eigenvalue weighted by Crippen LogP contribution is -2.41. The first-order chi connectivity index (χ1) is 14.5. The monoisotopic (exact) mass is 420 g/mol. The molecule has 2 heterocycles. The zero-order valence-corrected chi connectivity index (χ0v) is 17.2. The highest BCUT2D eigenvalue weighted by Gasteiger charge is 2.14. The van der Waals surface area contributed by atoms with Gasteiger partial charge < -0.3 is 24.7 Å². The van der Waals surface area contributed by atoms with E-state index in [9.17, 15) is 9.18 Å². The van der Waals surface area contributed by atoms with Gasteiger partial charge in [-0.2, -0.15) is 0 Å². The SMILES string of the molecule is CN(CCN1CCCCCC1)C(=O)NCc1cc(-c2cccc(F)c2)no1.O=CO. The summed E-state index contributed by atoms with van der Waals surface area (Å²) in [6.45, 7) is 3.83. The third kappa shape index (κ3) is 7.82. The van der Waals surface area contributed by atoms with Gasteiger partial charge in [0.25, 0.3) is 6.47 Å². The standard InChI is InChI=1S/C20H27FN4O2.CH2O2/c1-24(11-12-25-9-4-2-3-5-10-25)20(26)22-15-18-14-19(23-27-18)16-7-6-8-17(21)13-16;2-1-3/h6-8,13-14H,2-5,9-12,15H2,1H3,(H,22,26);1H,(H,2,3). The number of nitrogens with zero attached hydrogens (tertiary/aromatic N) is 3. The minimum absolute atomic E-state index is 0.145. The topological polar surface area (TPSA) is 98.9 Å². The van der Waals surface area contributed by atoms with E-state index >= 15 is 0 Å². The summed E-state index contributed by atoms with van der Waals surface area (Å²) in [6, 6.07) is 7.74. The van der Waals surface area contributed by atoms with Gasteiger partial charge in [-0.15, -0.1) is 0 Å². The Morgan fingerprint density at radius 1 is 1.30 bits per heavy atom. The molecule has 30 heavy (non-hydrogen) atoms. The molecule has 2 N–H and O–H groups in total. The van der Waals surface area contributed by atoms with E-state index in [1.807, 2.05) is 0 Å². The predicted molar refractivity (Wildman–Crippen MR) is 110 cm³/mol. The lowest BCUT2D eigenvalue weighted by molar-refractivity contribution is -0.122. The molecule has 1 aromatic carbocycles. The molecule has 0 atom stereocenters. The van der Waals surface area contributed by atoms with Crippen LogP contribution in [-0.2, 0) is 11.3 Å². The van der Waals surface area contributed by atoms with Crippen molar-refractivity contribution < 1.29 is 23.6 Å². The number of benzene rings is 1. The van der Waals surface area contributed by atoms with Crippen molar-refractivity contribution in [2.75, 3.05) is 33.2 Å². The van der Waals surface area contributed by atoms with E-state index in [0.717, 1.165) is 19.6 Å². The smallest absolute Gasteiger partial charge is 0.317 e. The van der Waals surface area contributed by atoms with Crippen molar-refractivity contribution in [3.05, 3.63) is 41.9 Å². The molecular formula is C21H29FN4O4. The van der Waals surface area contributed by atoms with E-state index < -0.39 is 0 Å². The lowest BCUT2D eigenvalue weighted by Gasteiger charge is -2.24. The highest BCUT2D eigenvalue weighted by molar-refractivity contribution is 5.73. The van der Waals surface area contributed by atoms with Gasteiger partial charge >= 0.3 is 6.03 Å². The number of rotatable bonds is 6. The van der Waals surface area contributed by atoms with Crippen LogP contribution in [0.3, 0.4) is 0 Å². The van der Waals surface area contributed by atoms with E-state index in [-0.39, 0.29) is 24.9 Å². The van der Waals surface area contributed by atoms with Crippen LogP contribution in [0.25, 0.3) is 11.3 Å². The minimum Gasteiger partial charge on any atom is -0.483 e. The van der Waals surface area contributed by atoms with Gasteiger partial charge in [0.2, 0.25) is 0 Å². The number of halogens is 1. The number of likely N-dealkylation sites (tertiary alicyclic amines) is 1. The summed E-state index contributed by atoms with van der Waals surface area (Å²) >= 11 is 0. The highest BCUT2D eigenvalue weighted by Crippen LogP contribution is 2.19. The molecule has 9 heteroatoms. The van der Waals surface area contributed by atoms with Crippen molar-refractivity contribution >= 4 is 12.5 Å². The Morgan fingerprint density at radius 3 is 2.67 bits per heavy atom. The Labute approximate surface area is 175 Å². The summed E-state index contributed by atoms with van der Waals surface area (Å²) in [5.74, 6) is 0.208. The normalized spacial score (nSPS) is 14.2. The van der Waals surface area contributed by atoms with Crippen LogP contribution in [0.2, 0.25) is 0 Å². The fourth-order valence-corrected chi connectivity index (χ4v) is 3.23. The van der Waals surface area contributed by atoms with Crippen LogP contribution in [0.1, 0.15) is 31.4 Å². The molecule has 0 bridgehead atoms. The van der Waals surface area contributed by atoms with Crippen LogP contribution in [0, 0.1) is 5.82 Å². The molecule has 2 amide bonds. The van der Waals surface area contributed by atoms with Crippen molar-refractivity contribution in [3.63, 3.8) is 0 Å². The average Bonchev–Trinajstić information content (AvgIpc) is 3.06. The van der Waals surface area contributed by atoms with E-state index in [1.165, 1.54) is 37.8 Å². The molecular weight excluding hydrogens is 391 g/mol. The first-order valence-corrected chi connectivity index (χ1v) is 10.0. The maximum absolute atomic E-state index is 13.3. The summed E-state index contributed by atoms with van der Waals surface area (Å²) < 4.78 is 18.6. The molecule has 1 aliphatic heterocycles. The van der Waals surface area contributed by atoms with Crippen molar-refractivity contribution in [1.29, 1.82) is 0 Å². The minimum atomic E-state index is -0.323. The second-order valence-electron chi connectivity index (χ2n) is 7.13. The van der Waals surface area contributed by atoms with Gasteiger partial charge in [-0.05, 0) is 38.1 Å². The van der Waals surface area contributed by atoms with Crippen molar-refractivity contribution in [3.8, 4) is 11.3 Å². The number of hydrogen-bond donors (Lipinski definition) is 2. The molecule has 1 aliphatic rings. The van der Waals surface area contributed by atoms with Gasteiger partial charge in [0.1, 0.15) is 11.5 Å². The van der Waals surface area contributed by atoms with Crippen LogP contribution in [0.15, 0.2) is 34.9 Å². The largest absolute Gasteiger partial charge is 0.483 e. The summed E-state index contributed by atoms with van der Waals surface area (Å²) in [7, 11) is 1.80. The van der Waals surface area contributed by atoms with Gasteiger partial charge in [0.15, 0.2) is 5.76 Å². The number of aromatic nitrogens is 1. The van der Waals surface area contributed by atoms with Crippen LogP contribution in [0.4, 0.5) is 9.18 Å². The fraction of sp³-hybridized carbons (Fsp3) is 0.476. The first-order valence-electron chi connectivity index (χ1n) is 10.0. The van der Waals surface area contributed by atoms with Crippen molar-refractivity contribution in [2.24, 2.45) is 0 Å². The Bertz CT molecular complexity index is 791. The van der Waals surface area contributed by atoms with E-state index in [0.29, 0.717) is 23.6 Å². The van der Waals surface area contributed by atoms with Gasteiger partial charge in [0.05, 0.1) is 6.54 Å². The molecule has 3 rings (SSSR count). The lowest BCUT2D eigenvalue weighted by atomic mass is 10.1. The molecule has 1 fully saturated rings. The number of amides is 2. The summed E-state index contributed by atoms with van der Waals surface area (Å²) in [6.07, 6.45) is 5.10. The van der Waals surface area contributed by atoms with E-state index in [4.69, 9.17) is 14.4 Å². The highest BCUT2D eigenvalue weighted by atomic mass is 19.1. The van der Waals surface area contributed by atoms with Crippen molar-refractivity contribution in [1.82, 2.24) is 20.3 Å². The molecule has 8 nitrogen and oxygen atoms in total. The van der Waals surface area contributed by atoms with Gasteiger partial charge in [-0.1, -0.05) is 30.1 Å². The molecule has 0 radical (unpaired) electrons. The Kier molecular flexibility index (Phi) is 9.79. The summed E-state index contributed by atoms with van der Waals surface area (Å²) in [5, 5.41) is 13.7. The molecule has 0 unspecified atom stereocenters. The van der Waals surface area contributed by atoms with Gasteiger partial charge in [-0.25, -0.2) is 9.18 Å². The quantitative estimate of drug-likeness (QED) is 0.697. The zero-order chi connectivity index (χ0) is 21.8. The second-order valence-corrected chi connectivity index (χ2v) is 7.13. The molecule has 1 aromatic heterocycles. The third-order valence-corrected chi connectivity index (χ3v) is 4.89. The number of likely N-dealkylation sites (N-methyl/N-ethyl adjacent to an activating group) is 1. The van der Waals surface area contributed by atoms with Crippen LogP contribution in [-0.4, -0.2) is 65.8 Å². The van der Waals surface area contributed by atoms with Crippen LogP contribution in [0.5, 0.6) is 0 Å². The zero-order valence-electron chi connectivity index (χ0n) is 17.2. The van der Waals surface area contributed by atoms with Gasteiger partial charge in [-0.3, -0.25) is 4.79 Å². The number of carboxylic acid groups (broad SMARTS) is 1. The molecule has 0 spiro atoms. The summed E-state index contributed by atoms with van der Waals surface area (Å²) in [4.78, 5) is 24.7. The number of carbonyl (C=O) groups excluding carboxylic acids is 1. The predicted octanol–water partition coefficient (Wildman–Crippen LogP) is 3.20. The average molecular weight is 420 g/mol. The third-order valence-electron chi connectivity index (χ3n) is 4.89. The summed E-state index contributed by atoms with van der Waals surface area (Å²) in [5.41, 5.74) is 1.19. The number of urea groups is 1. The molecule has 0 saturated carbocycles. The second kappa shape index (κ2) is 12.6. The maximum Gasteiger partial charge on any atom is 0.317 e. The van der Waals surface area contributed by atoms with Crippen molar-refractivity contribution in [2.45, 2.75) is 32.2 Å². The molecule has 1 saturated heterocycles. The Morgan fingerprint density at radius 2 is 2.00 bits per heavy atom. The Balaban J connectivity index is 0.00000101. The molecule has 0 aliphatic carbocycles. The molecule has 2 aromatic rings. The van der Waals surface area contributed by atoms with E-state index in [2.05, 4.69) is 15.4 Å². The van der Waals surface area contributed by atoms with Gasteiger partial charge in [0, 0.05) is 31.8 Å². The maximum atomic E-state index is 13.3. The number of nitrogens with one attached hydrogen (secondary N) is 1. The van der Waals surface area contributed by atoms with Crippen LogP contribution < -0.4 is 5.32 Å². The Hall–Kier alpha value is -2.94. The van der Waals surface area contributed by atoms with E-state index in [1.54, 1.807) is 30.1 Å². The van der Waals surface area contributed by atoms with Crippen LogP contribution >= 0.6 is 0 Å². The first kappa shape index (κ1) is 23.3. The number of carbonyl (C=O) groups is 2. The molecule has 164 valence electrons. The number of hydrogen-bond acceptors (Lipinski definition) is 5. The fourth-order valence-electron chi connectivity index (χ4n) is 3.23.